The Morgan fingerprint density at radius 3 is 2.50 bits per heavy atom. The molecule has 26 heavy (non-hydrogen) atoms. The third-order valence-corrected chi connectivity index (χ3v) is 4.55. The fourth-order valence-corrected chi connectivity index (χ4v) is 3.17. The number of imidazole rings is 1. The standard InChI is InChI=1S/C19H26N4O2S/c1-12-15(11-14-9-7-6-8-10-14)21-18(20-12)26-13(2)16(24)22-17(25)23-19(3,4)5/h6-10,13H,11H2,1-5H3,(H,20,21)(H2,22,23,24,25). The molecule has 0 saturated carbocycles. The molecular weight excluding hydrogens is 348 g/mol. The molecule has 7 heteroatoms. The Balaban J connectivity index is 1.94. The van der Waals surface area contributed by atoms with Gasteiger partial charge in [0.15, 0.2) is 5.16 Å². The van der Waals surface area contributed by atoms with E-state index in [1.54, 1.807) is 6.92 Å². The third-order valence-electron chi connectivity index (χ3n) is 3.56. The zero-order valence-electron chi connectivity index (χ0n) is 15.8. The topological polar surface area (TPSA) is 86.9 Å². The lowest BCUT2D eigenvalue weighted by molar-refractivity contribution is -0.119. The van der Waals surface area contributed by atoms with E-state index in [9.17, 15) is 9.59 Å². The molecule has 140 valence electrons. The average Bonchev–Trinajstić information content (AvgIpc) is 2.85. The number of nitrogens with zero attached hydrogens (tertiary/aromatic N) is 1. The monoisotopic (exact) mass is 374 g/mol. The number of hydrogen-bond acceptors (Lipinski definition) is 4. The lowest BCUT2D eigenvalue weighted by Crippen LogP contribution is -2.49. The molecule has 1 aromatic heterocycles. The SMILES string of the molecule is Cc1[nH]c(SC(C)C(=O)NC(=O)NC(C)(C)C)nc1Cc1ccccc1. The number of imide groups is 1. The minimum Gasteiger partial charge on any atom is -0.337 e. The zero-order chi connectivity index (χ0) is 19.3. The summed E-state index contributed by atoms with van der Waals surface area (Å²) in [6, 6.07) is 9.62. The summed E-state index contributed by atoms with van der Waals surface area (Å²) in [5.74, 6) is -0.351. The van der Waals surface area contributed by atoms with E-state index < -0.39 is 16.8 Å². The molecule has 1 heterocycles. The van der Waals surface area contributed by atoms with Gasteiger partial charge in [0, 0.05) is 17.7 Å². The number of carbonyl (C=O) groups excluding carboxylic acids is 2. The minimum absolute atomic E-state index is 0.351. The second-order valence-electron chi connectivity index (χ2n) is 7.23. The smallest absolute Gasteiger partial charge is 0.321 e. The molecule has 0 aliphatic heterocycles. The number of aromatic nitrogens is 2. The van der Waals surface area contributed by atoms with Gasteiger partial charge in [0.2, 0.25) is 5.91 Å². The first kappa shape index (κ1) is 20.0. The molecule has 0 spiro atoms. The van der Waals surface area contributed by atoms with Crippen LogP contribution in [0.3, 0.4) is 0 Å². The molecule has 2 aromatic rings. The Bertz CT molecular complexity index is 766. The number of aromatic amines is 1. The van der Waals surface area contributed by atoms with Crippen molar-refractivity contribution in [3.8, 4) is 0 Å². The highest BCUT2D eigenvalue weighted by Gasteiger charge is 2.21. The number of aryl methyl sites for hydroxylation is 1. The molecule has 0 aliphatic rings. The van der Waals surface area contributed by atoms with Crippen LogP contribution in [0.25, 0.3) is 0 Å². The van der Waals surface area contributed by atoms with Crippen LogP contribution < -0.4 is 10.6 Å². The van der Waals surface area contributed by atoms with Gasteiger partial charge in [0.25, 0.3) is 0 Å². The van der Waals surface area contributed by atoms with E-state index in [1.807, 2.05) is 45.9 Å². The lowest BCUT2D eigenvalue weighted by atomic mass is 10.1. The fraction of sp³-hybridized carbons (Fsp3) is 0.421. The predicted molar refractivity (Wildman–Crippen MR) is 104 cm³/mol. The lowest BCUT2D eigenvalue weighted by Gasteiger charge is -2.21. The van der Waals surface area contributed by atoms with Crippen LogP contribution in [0, 0.1) is 6.92 Å². The third kappa shape index (κ3) is 6.22. The summed E-state index contributed by atoms with van der Waals surface area (Å²) >= 11 is 1.30. The van der Waals surface area contributed by atoms with E-state index in [1.165, 1.54) is 17.3 Å². The second kappa shape index (κ2) is 8.40. The number of hydrogen-bond donors (Lipinski definition) is 3. The molecular formula is C19H26N4O2S. The van der Waals surface area contributed by atoms with E-state index in [2.05, 4.69) is 32.7 Å². The largest absolute Gasteiger partial charge is 0.337 e. The van der Waals surface area contributed by atoms with Gasteiger partial charge >= 0.3 is 6.03 Å². The summed E-state index contributed by atoms with van der Waals surface area (Å²) in [5, 5.41) is 5.30. The first-order valence-electron chi connectivity index (χ1n) is 8.53. The predicted octanol–water partition coefficient (Wildman–Crippen LogP) is 3.41. The highest BCUT2D eigenvalue weighted by molar-refractivity contribution is 8.00. The van der Waals surface area contributed by atoms with Crippen LogP contribution in [-0.4, -0.2) is 32.7 Å². The highest BCUT2D eigenvalue weighted by Crippen LogP contribution is 2.23. The van der Waals surface area contributed by atoms with Crippen LogP contribution in [0.15, 0.2) is 35.5 Å². The van der Waals surface area contributed by atoms with Crippen molar-refractivity contribution in [1.29, 1.82) is 0 Å². The Labute approximate surface area is 158 Å². The number of benzene rings is 1. The van der Waals surface area contributed by atoms with E-state index in [0.717, 1.165) is 17.8 Å². The number of nitrogens with one attached hydrogen (secondary N) is 3. The molecule has 0 aliphatic carbocycles. The number of amides is 3. The van der Waals surface area contributed by atoms with Crippen LogP contribution in [0.5, 0.6) is 0 Å². The second-order valence-corrected chi connectivity index (χ2v) is 8.56. The number of thioether (sulfide) groups is 1. The van der Waals surface area contributed by atoms with Crippen molar-refractivity contribution in [3.05, 3.63) is 47.3 Å². The molecule has 1 aromatic carbocycles. The van der Waals surface area contributed by atoms with Crippen LogP contribution in [0.4, 0.5) is 4.79 Å². The van der Waals surface area contributed by atoms with Crippen LogP contribution in [0.1, 0.15) is 44.6 Å². The number of H-pyrrole nitrogens is 1. The molecule has 6 nitrogen and oxygen atoms in total. The first-order valence-corrected chi connectivity index (χ1v) is 9.41. The van der Waals surface area contributed by atoms with Crippen molar-refractivity contribution in [2.24, 2.45) is 0 Å². The van der Waals surface area contributed by atoms with Gasteiger partial charge in [0.1, 0.15) is 0 Å². The van der Waals surface area contributed by atoms with E-state index in [4.69, 9.17) is 0 Å². The molecule has 3 N–H and O–H groups in total. The maximum Gasteiger partial charge on any atom is 0.321 e. The Morgan fingerprint density at radius 2 is 1.88 bits per heavy atom. The average molecular weight is 375 g/mol. The molecule has 2 rings (SSSR count). The van der Waals surface area contributed by atoms with Crippen LogP contribution >= 0.6 is 11.8 Å². The van der Waals surface area contributed by atoms with Crippen LogP contribution in [-0.2, 0) is 11.2 Å². The molecule has 0 radical (unpaired) electrons. The summed E-state index contributed by atoms with van der Waals surface area (Å²) in [5.41, 5.74) is 2.72. The van der Waals surface area contributed by atoms with Gasteiger partial charge in [-0.25, -0.2) is 9.78 Å². The summed E-state index contributed by atoms with van der Waals surface area (Å²) in [6.07, 6.45) is 0.734. The Morgan fingerprint density at radius 1 is 1.23 bits per heavy atom. The van der Waals surface area contributed by atoms with Crippen LogP contribution in [0.2, 0.25) is 0 Å². The fourth-order valence-electron chi connectivity index (χ4n) is 2.29. The van der Waals surface area contributed by atoms with Gasteiger partial charge < -0.3 is 10.3 Å². The van der Waals surface area contributed by atoms with Crippen molar-refractivity contribution >= 4 is 23.7 Å². The van der Waals surface area contributed by atoms with Gasteiger partial charge in [-0.15, -0.1) is 0 Å². The molecule has 1 unspecified atom stereocenters. The molecule has 3 amide bonds. The summed E-state index contributed by atoms with van der Waals surface area (Å²) in [7, 11) is 0. The molecule has 0 saturated heterocycles. The van der Waals surface area contributed by atoms with Gasteiger partial charge in [0.05, 0.1) is 10.9 Å². The quantitative estimate of drug-likeness (QED) is 0.700. The maximum atomic E-state index is 12.2. The highest BCUT2D eigenvalue weighted by atomic mass is 32.2. The minimum atomic E-state index is -0.490. The van der Waals surface area contributed by atoms with Crippen molar-refractivity contribution in [1.82, 2.24) is 20.6 Å². The number of carbonyl (C=O) groups is 2. The van der Waals surface area contributed by atoms with Crippen molar-refractivity contribution in [3.63, 3.8) is 0 Å². The van der Waals surface area contributed by atoms with Gasteiger partial charge in [-0.1, -0.05) is 42.1 Å². The van der Waals surface area contributed by atoms with E-state index in [-0.39, 0.29) is 5.91 Å². The number of urea groups is 1. The maximum absolute atomic E-state index is 12.2. The van der Waals surface area contributed by atoms with Gasteiger partial charge in [-0.05, 0) is 40.2 Å². The zero-order valence-corrected chi connectivity index (χ0v) is 16.7. The Hall–Kier alpha value is -2.28. The molecule has 0 fully saturated rings. The van der Waals surface area contributed by atoms with Crippen molar-refractivity contribution < 1.29 is 9.59 Å². The first-order chi connectivity index (χ1) is 12.1. The summed E-state index contributed by atoms with van der Waals surface area (Å²) < 4.78 is 0. The van der Waals surface area contributed by atoms with Gasteiger partial charge in [-0.2, -0.15) is 0 Å². The molecule has 0 bridgehead atoms. The van der Waals surface area contributed by atoms with Gasteiger partial charge in [-0.3, -0.25) is 10.1 Å². The molecule has 1 atom stereocenters. The normalized spacial score (nSPS) is 12.5. The van der Waals surface area contributed by atoms with E-state index >= 15 is 0 Å². The van der Waals surface area contributed by atoms with Crippen molar-refractivity contribution in [2.45, 2.75) is 57.0 Å². The summed E-state index contributed by atoms with van der Waals surface area (Å²) in [6.45, 7) is 9.29. The Kier molecular flexibility index (Phi) is 6.47. The summed E-state index contributed by atoms with van der Waals surface area (Å²) in [4.78, 5) is 31.8. The van der Waals surface area contributed by atoms with Crippen molar-refractivity contribution in [2.75, 3.05) is 0 Å². The number of rotatable bonds is 5. The van der Waals surface area contributed by atoms with E-state index in [0.29, 0.717) is 5.16 Å².